The number of aliphatic hydroxyl groups excluding tert-OH is 1. The van der Waals surface area contributed by atoms with Crippen LogP contribution in [0, 0.1) is 0 Å². The topological polar surface area (TPSA) is 49.3 Å². The SMILES string of the molecule is C=C(/C=C\C=C/C)CC=O.CCC(CO)NC. The molecule has 0 saturated carbocycles. The summed E-state index contributed by atoms with van der Waals surface area (Å²) in [6.45, 7) is 7.88. The van der Waals surface area contributed by atoms with Gasteiger partial charge in [-0.25, -0.2) is 0 Å². The molecule has 0 bridgehead atoms. The number of aliphatic hydroxyl groups is 1. The first-order valence-corrected chi connectivity index (χ1v) is 5.85. The van der Waals surface area contributed by atoms with Crippen LogP contribution in [0.2, 0.25) is 0 Å². The fourth-order valence-corrected chi connectivity index (χ4v) is 0.902. The van der Waals surface area contributed by atoms with E-state index < -0.39 is 0 Å². The van der Waals surface area contributed by atoms with Crippen LogP contribution in [0.25, 0.3) is 0 Å². The van der Waals surface area contributed by atoms with Crippen molar-refractivity contribution >= 4 is 6.29 Å². The summed E-state index contributed by atoms with van der Waals surface area (Å²) >= 11 is 0. The van der Waals surface area contributed by atoms with Gasteiger partial charge >= 0.3 is 0 Å². The van der Waals surface area contributed by atoms with Crippen molar-refractivity contribution in [1.29, 1.82) is 0 Å². The summed E-state index contributed by atoms with van der Waals surface area (Å²) in [5.74, 6) is 0. The van der Waals surface area contributed by atoms with Crippen molar-refractivity contribution < 1.29 is 9.90 Å². The van der Waals surface area contributed by atoms with E-state index >= 15 is 0 Å². The molecule has 0 amide bonds. The molecule has 0 spiro atoms. The highest BCUT2D eigenvalue weighted by atomic mass is 16.3. The van der Waals surface area contributed by atoms with E-state index in [1.165, 1.54) is 0 Å². The van der Waals surface area contributed by atoms with Crippen LogP contribution < -0.4 is 5.32 Å². The summed E-state index contributed by atoms with van der Waals surface area (Å²) in [4.78, 5) is 9.94. The van der Waals surface area contributed by atoms with Crippen LogP contribution in [-0.2, 0) is 4.79 Å². The van der Waals surface area contributed by atoms with Crippen LogP contribution >= 0.6 is 0 Å². The first-order valence-electron chi connectivity index (χ1n) is 5.85. The highest BCUT2D eigenvalue weighted by Gasteiger charge is 1.95. The van der Waals surface area contributed by atoms with Gasteiger partial charge in [-0.1, -0.05) is 37.8 Å². The maximum Gasteiger partial charge on any atom is 0.124 e. The molecule has 0 heterocycles. The molecule has 0 aromatic heterocycles. The van der Waals surface area contributed by atoms with Crippen molar-refractivity contribution in [2.24, 2.45) is 0 Å². The molecule has 0 rings (SSSR count). The van der Waals surface area contributed by atoms with Crippen molar-refractivity contribution in [3.8, 4) is 0 Å². The number of rotatable bonds is 7. The van der Waals surface area contributed by atoms with Gasteiger partial charge in [0.25, 0.3) is 0 Å². The third-order valence-electron chi connectivity index (χ3n) is 2.10. The maximum atomic E-state index is 9.94. The fourth-order valence-electron chi connectivity index (χ4n) is 0.902. The Morgan fingerprint density at radius 3 is 2.41 bits per heavy atom. The van der Waals surface area contributed by atoms with E-state index in [9.17, 15) is 4.79 Å². The molecule has 0 saturated heterocycles. The number of allylic oxidation sites excluding steroid dienone is 5. The molecule has 2 N–H and O–H groups in total. The van der Waals surface area contributed by atoms with Gasteiger partial charge in [0.1, 0.15) is 6.29 Å². The zero-order chi connectivity index (χ0) is 13.5. The predicted molar refractivity (Wildman–Crippen MR) is 74.0 cm³/mol. The molecule has 0 radical (unpaired) electrons. The van der Waals surface area contributed by atoms with Gasteiger partial charge in [0.2, 0.25) is 0 Å². The summed E-state index contributed by atoms with van der Waals surface area (Å²) in [6, 6.07) is 0.292. The Labute approximate surface area is 105 Å². The molecule has 1 unspecified atom stereocenters. The monoisotopic (exact) mass is 239 g/mol. The third-order valence-corrected chi connectivity index (χ3v) is 2.10. The minimum Gasteiger partial charge on any atom is -0.395 e. The van der Waals surface area contributed by atoms with Gasteiger partial charge in [0.15, 0.2) is 0 Å². The van der Waals surface area contributed by atoms with Gasteiger partial charge in [-0.2, -0.15) is 0 Å². The van der Waals surface area contributed by atoms with Crippen molar-refractivity contribution in [3.63, 3.8) is 0 Å². The molecule has 1 atom stereocenters. The number of nitrogens with one attached hydrogen (secondary N) is 1. The average molecular weight is 239 g/mol. The Kier molecular flexibility index (Phi) is 15.8. The lowest BCUT2D eigenvalue weighted by molar-refractivity contribution is -0.107. The minimum atomic E-state index is 0.243. The smallest absolute Gasteiger partial charge is 0.124 e. The Balaban J connectivity index is 0. The normalized spacial score (nSPS) is 12.2. The number of likely N-dealkylation sites (N-methyl/N-ethyl adjacent to an activating group) is 1. The Hall–Kier alpha value is -1.19. The van der Waals surface area contributed by atoms with E-state index in [0.717, 1.165) is 18.3 Å². The maximum absolute atomic E-state index is 9.94. The van der Waals surface area contributed by atoms with E-state index in [1.807, 2.05) is 45.2 Å². The standard InChI is InChI=1S/C9H12O.C5H13NO/c1-3-4-5-6-9(2)7-8-10;1-3-5(4-7)6-2/h3-6,8H,2,7H2,1H3;5-7H,3-4H2,1-2H3/b4-3-,6-5-;. The minimum absolute atomic E-state index is 0.243. The van der Waals surface area contributed by atoms with Gasteiger partial charge in [-0.3, -0.25) is 0 Å². The highest BCUT2D eigenvalue weighted by Crippen LogP contribution is 1.96. The van der Waals surface area contributed by atoms with Crippen LogP contribution in [0.3, 0.4) is 0 Å². The van der Waals surface area contributed by atoms with Crippen LogP contribution in [0.4, 0.5) is 0 Å². The number of hydrogen-bond donors (Lipinski definition) is 2. The van der Waals surface area contributed by atoms with Crippen molar-refractivity contribution in [1.82, 2.24) is 5.32 Å². The molecule has 0 aromatic carbocycles. The lowest BCUT2D eigenvalue weighted by Crippen LogP contribution is -2.27. The highest BCUT2D eigenvalue weighted by molar-refractivity contribution is 5.55. The van der Waals surface area contributed by atoms with E-state index in [1.54, 1.807) is 0 Å². The van der Waals surface area contributed by atoms with Crippen molar-refractivity contribution in [2.45, 2.75) is 32.7 Å². The van der Waals surface area contributed by atoms with Gasteiger partial charge in [-0.15, -0.1) is 0 Å². The number of hydrogen-bond acceptors (Lipinski definition) is 3. The second-order valence-corrected chi connectivity index (χ2v) is 3.49. The van der Waals surface area contributed by atoms with E-state index in [2.05, 4.69) is 11.9 Å². The molecular weight excluding hydrogens is 214 g/mol. The van der Waals surface area contributed by atoms with Crippen molar-refractivity contribution in [3.05, 3.63) is 36.5 Å². The van der Waals surface area contributed by atoms with Crippen LogP contribution in [0.5, 0.6) is 0 Å². The molecular formula is C14H25NO2. The second-order valence-electron chi connectivity index (χ2n) is 3.49. The van der Waals surface area contributed by atoms with Gasteiger partial charge < -0.3 is 15.2 Å². The average Bonchev–Trinajstić information content (AvgIpc) is 2.33. The number of carbonyl (C=O) groups excluding carboxylic acids is 1. The summed E-state index contributed by atoms with van der Waals surface area (Å²) < 4.78 is 0. The fraction of sp³-hybridized carbons (Fsp3) is 0.500. The number of aldehydes is 1. The quantitative estimate of drug-likeness (QED) is 0.529. The Morgan fingerprint density at radius 2 is 2.12 bits per heavy atom. The van der Waals surface area contributed by atoms with Gasteiger partial charge in [-0.05, 0) is 26.0 Å². The van der Waals surface area contributed by atoms with Crippen LogP contribution in [0.1, 0.15) is 26.7 Å². The molecule has 0 fully saturated rings. The molecule has 98 valence electrons. The molecule has 0 aliphatic rings. The molecule has 0 aromatic rings. The molecule has 0 aliphatic heterocycles. The lowest BCUT2D eigenvalue weighted by atomic mass is 10.2. The Morgan fingerprint density at radius 1 is 1.47 bits per heavy atom. The zero-order valence-electron chi connectivity index (χ0n) is 11.1. The first kappa shape index (κ1) is 18.2. The predicted octanol–water partition coefficient (Wildman–Crippen LogP) is 2.24. The van der Waals surface area contributed by atoms with Crippen LogP contribution in [0.15, 0.2) is 36.5 Å². The Bertz CT molecular complexity index is 235. The van der Waals surface area contributed by atoms with Crippen molar-refractivity contribution in [2.75, 3.05) is 13.7 Å². The van der Waals surface area contributed by atoms with E-state index in [0.29, 0.717) is 12.5 Å². The van der Waals surface area contributed by atoms with Gasteiger partial charge in [0, 0.05) is 12.5 Å². The molecule has 3 nitrogen and oxygen atoms in total. The molecule has 3 heteroatoms. The third kappa shape index (κ3) is 14.8. The number of carbonyl (C=O) groups is 1. The first-order chi connectivity index (χ1) is 8.15. The second kappa shape index (κ2) is 14.8. The van der Waals surface area contributed by atoms with E-state index in [4.69, 9.17) is 5.11 Å². The summed E-state index contributed by atoms with van der Waals surface area (Å²) in [7, 11) is 1.85. The summed E-state index contributed by atoms with van der Waals surface area (Å²) in [6.07, 6.45) is 9.78. The summed E-state index contributed by atoms with van der Waals surface area (Å²) in [5.41, 5.74) is 0.841. The van der Waals surface area contributed by atoms with E-state index in [-0.39, 0.29) is 6.61 Å². The lowest BCUT2D eigenvalue weighted by Gasteiger charge is -2.07. The summed E-state index contributed by atoms with van der Waals surface area (Å²) in [5, 5.41) is 11.4. The zero-order valence-corrected chi connectivity index (χ0v) is 11.1. The largest absolute Gasteiger partial charge is 0.395 e. The van der Waals surface area contributed by atoms with Crippen LogP contribution in [-0.4, -0.2) is 31.1 Å². The molecule has 0 aliphatic carbocycles. The van der Waals surface area contributed by atoms with Gasteiger partial charge in [0.05, 0.1) is 6.61 Å². The molecule has 17 heavy (non-hydrogen) atoms.